The molecule has 0 aromatic heterocycles. The highest BCUT2D eigenvalue weighted by Crippen LogP contribution is 2.22. The Morgan fingerprint density at radius 1 is 1.05 bits per heavy atom. The summed E-state index contributed by atoms with van der Waals surface area (Å²) in [6.45, 7) is 3.19. The lowest BCUT2D eigenvalue weighted by Crippen LogP contribution is -2.33. The number of nitrogens with one attached hydrogen (secondary N) is 1. The fraction of sp³-hybridized carbons (Fsp3) is 0.294. The molecule has 1 fully saturated rings. The molecule has 1 atom stereocenters. The van der Waals surface area contributed by atoms with Crippen molar-refractivity contribution in [2.45, 2.75) is 12.7 Å². The van der Waals surface area contributed by atoms with Crippen molar-refractivity contribution in [1.29, 1.82) is 0 Å². The van der Waals surface area contributed by atoms with Crippen molar-refractivity contribution >= 4 is 0 Å². The molecule has 3 rings (SSSR count). The second-order valence-electron chi connectivity index (χ2n) is 4.91. The Kier molecular flexibility index (Phi) is 4.31. The Labute approximate surface area is 119 Å². The maximum Gasteiger partial charge on any atom is 0.119 e. The third kappa shape index (κ3) is 3.38. The standard InChI is InChI=1S/C17H19NO2/c1-2-4-14(5-3-1)13-20-16-8-6-15(7-9-16)17-12-18-10-11-19-17/h1-9,17-18H,10-13H2. The van der Waals surface area contributed by atoms with E-state index in [1.165, 1.54) is 11.1 Å². The molecule has 3 nitrogen and oxygen atoms in total. The van der Waals surface area contributed by atoms with Crippen LogP contribution in [0, 0.1) is 0 Å². The molecule has 104 valence electrons. The molecule has 2 aromatic rings. The minimum Gasteiger partial charge on any atom is -0.489 e. The van der Waals surface area contributed by atoms with Crippen molar-refractivity contribution in [3.63, 3.8) is 0 Å². The molecule has 0 radical (unpaired) electrons. The first-order chi connectivity index (χ1) is 9.92. The normalized spacial score (nSPS) is 18.7. The summed E-state index contributed by atoms with van der Waals surface area (Å²) in [6.07, 6.45) is 0.159. The van der Waals surface area contributed by atoms with Crippen LogP contribution >= 0.6 is 0 Å². The van der Waals surface area contributed by atoms with Crippen LogP contribution in [-0.2, 0) is 11.3 Å². The van der Waals surface area contributed by atoms with Gasteiger partial charge in [0.15, 0.2) is 0 Å². The van der Waals surface area contributed by atoms with Gasteiger partial charge in [0.1, 0.15) is 12.4 Å². The van der Waals surface area contributed by atoms with Gasteiger partial charge in [0.2, 0.25) is 0 Å². The molecule has 0 aliphatic carbocycles. The summed E-state index contributed by atoms with van der Waals surface area (Å²) in [6, 6.07) is 18.4. The van der Waals surface area contributed by atoms with E-state index >= 15 is 0 Å². The van der Waals surface area contributed by atoms with E-state index in [1.54, 1.807) is 0 Å². The van der Waals surface area contributed by atoms with Gasteiger partial charge in [0, 0.05) is 13.1 Å². The summed E-state index contributed by atoms with van der Waals surface area (Å²) in [4.78, 5) is 0. The molecule has 1 aliphatic rings. The molecule has 0 saturated carbocycles. The number of benzene rings is 2. The molecule has 0 amide bonds. The minimum absolute atomic E-state index is 0.159. The first kappa shape index (κ1) is 13.2. The van der Waals surface area contributed by atoms with Crippen LogP contribution in [0.1, 0.15) is 17.2 Å². The van der Waals surface area contributed by atoms with Crippen LogP contribution in [-0.4, -0.2) is 19.7 Å². The van der Waals surface area contributed by atoms with Gasteiger partial charge in [0.05, 0.1) is 12.7 Å². The molecule has 1 aliphatic heterocycles. The number of ether oxygens (including phenoxy) is 2. The first-order valence-corrected chi connectivity index (χ1v) is 7.01. The lowest BCUT2D eigenvalue weighted by molar-refractivity contribution is 0.0277. The maximum absolute atomic E-state index is 5.78. The van der Waals surface area contributed by atoms with Crippen LogP contribution in [0.2, 0.25) is 0 Å². The number of rotatable bonds is 4. The molecule has 0 bridgehead atoms. The van der Waals surface area contributed by atoms with Crippen LogP contribution in [0.15, 0.2) is 54.6 Å². The Morgan fingerprint density at radius 3 is 2.55 bits per heavy atom. The number of hydrogen-bond acceptors (Lipinski definition) is 3. The van der Waals surface area contributed by atoms with Crippen molar-refractivity contribution in [2.75, 3.05) is 19.7 Å². The van der Waals surface area contributed by atoms with Crippen LogP contribution < -0.4 is 10.1 Å². The van der Waals surface area contributed by atoms with Gasteiger partial charge in [-0.15, -0.1) is 0 Å². The fourth-order valence-corrected chi connectivity index (χ4v) is 2.30. The van der Waals surface area contributed by atoms with E-state index in [-0.39, 0.29) is 6.10 Å². The Hall–Kier alpha value is -1.84. The summed E-state index contributed by atoms with van der Waals surface area (Å²) in [5, 5.41) is 3.34. The summed E-state index contributed by atoms with van der Waals surface area (Å²) in [7, 11) is 0. The van der Waals surface area contributed by atoms with Gasteiger partial charge in [-0.25, -0.2) is 0 Å². The van der Waals surface area contributed by atoms with Gasteiger partial charge in [-0.05, 0) is 23.3 Å². The molecule has 3 heteroatoms. The predicted octanol–water partition coefficient (Wildman–Crippen LogP) is 2.93. The van der Waals surface area contributed by atoms with Crippen LogP contribution in [0.25, 0.3) is 0 Å². The van der Waals surface area contributed by atoms with Gasteiger partial charge >= 0.3 is 0 Å². The smallest absolute Gasteiger partial charge is 0.119 e. The highest BCUT2D eigenvalue weighted by molar-refractivity contribution is 5.29. The van der Waals surface area contributed by atoms with Crippen LogP contribution in [0.5, 0.6) is 5.75 Å². The molecular formula is C17H19NO2. The maximum atomic E-state index is 5.78. The van der Waals surface area contributed by atoms with E-state index in [4.69, 9.17) is 9.47 Å². The molecular weight excluding hydrogens is 250 g/mol. The van der Waals surface area contributed by atoms with Gasteiger partial charge in [-0.3, -0.25) is 0 Å². The zero-order valence-corrected chi connectivity index (χ0v) is 11.4. The average molecular weight is 269 g/mol. The summed E-state index contributed by atoms with van der Waals surface area (Å²) in [5.41, 5.74) is 2.38. The Balaban J connectivity index is 1.58. The lowest BCUT2D eigenvalue weighted by atomic mass is 10.1. The van der Waals surface area contributed by atoms with Gasteiger partial charge in [-0.1, -0.05) is 42.5 Å². The molecule has 1 saturated heterocycles. The monoisotopic (exact) mass is 269 g/mol. The SMILES string of the molecule is c1ccc(COc2ccc(C3CNCCO3)cc2)cc1. The van der Waals surface area contributed by atoms with E-state index in [0.717, 1.165) is 25.4 Å². The second kappa shape index (κ2) is 6.55. The second-order valence-corrected chi connectivity index (χ2v) is 4.91. The van der Waals surface area contributed by atoms with Gasteiger partial charge < -0.3 is 14.8 Å². The van der Waals surface area contributed by atoms with Crippen LogP contribution in [0.3, 0.4) is 0 Å². The van der Waals surface area contributed by atoms with Crippen molar-refractivity contribution in [3.8, 4) is 5.75 Å². The van der Waals surface area contributed by atoms with Gasteiger partial charge in [0.25, 0.3) is 0 Å². The Bertz CT molecular complexity index is 518. The lowest BCUT2D eigenvalue weighted by Gasteiger charge is -2.24. The molecule has 1 heterocycles. The van der Waals surface area contributed by atoms with E-state index in [1.807, 2.05) is 30.3 Å². The average Bonchev–Trinajstić information content (AvgIpc) is 2.55. The molecule has 2 aromatic carbocycles. The third-order valence-electron chi connectivity index (χ3n) is 3.43. The highest BCUT2D eigenvalue weighted by atomic mass is 16.5. The zero-order chi connectivity index (χ0) is 13.6. The van der Waals surface area contributed by atoms with E-state index < -0.39 is 0 Å². The topological polar surface area (TPSA) is 30.5 Å². The number of morpholine rings is 1. The van der Waals surface area contributed by atoms with Crippen molar-refractivity contribution < 1.29 is 9.47 Å². The molecule has 20 heavy (non-hydrogen) atoms. The summed E-state index contributed by atoms with van der Waals surface area (Å²) in [5.74, 6) is 0.890. The Morgan fingerprint density at radius 2 is 1.85 bits per heavy atom. The first-order valence-electron chi connectivity index (χ1n) is 7.01. The summed E-state index contributed by atoms with van der Waals surface area (Å²) < 4.78 is 11.5. The van der Waals surface area contributed by atoms with E-state index in [0.29, 0.717) is 6.61 Å². The van der Waals surface area contributed by atoms with Crippen molar-refractivity contribution in [1.82, 2.24) is 5.32 Å². The minimum atomic E-state index is 0.159. The largest absolute Gasteiger partial charge is 0.489 e. The van der Waals surface area contributed by atoms with Crippen LogP contribution in [0.4, 0.5) is 0 Å². The van der Waals surface area contributed by atoms with Crippen molar-refractivity contribution in [3.05, 3.63) is 65.7 Å². The zero-order valence-electron chi connectivity index (χ0n) is 11.4. The predicted molar refractivity (Wildman–Crippen MR) is 78.8 cm³/mol. The highest BCUT2D eigenvalue weighted by Gasteiger charge is 2.15. The van der Waals surface area contributed by atoms with Gasteiger partial charge in [-0.2, -0.15) is 0 Å². The van der Waals surface area contributed by atoms with Crippen molar-refractivity contribution in [2.24, 2.45) is 0 Å². The summed E-state index contributed by atoms with van der Waals surface area (Å²) >= 11 is 0. The quantitative estimate of drug-likeness (QED) is 0.925. The molecule has 0 spiro atoms. The molecule has 1 N–H and O–H groups in total. The fourth-order valence-electron chi connectivity index (χ4n) is 2.30. The number of hydrogen-bond donors (Lipinski definition) is 1. The van der Waals surface area contributed by atoms with E-state index in [9.17, 15) is 0 Å². The van der Waals surface area contributed by atoms with E-state index in [2.05, 4.69) is 29.6 Å². The third-order valence-corrected chi connectivity index (χ3v) is 3.43. The molecule has 1 unspecified atom stereocenters.